The van der Waals surface area contributed by atoms with Crippen LogP contribution in [0.5, 0.6) is 5.75 Å². The number of anilines is 1. The Morgan fingerprint density at radius 1 is 1.03 bits per heavy atom. The zero-order valence-corrected chi connectivity index (χ0v) is 19.0. The molecule has 1 atom stereocenters. The van der Waals surface area contributed by atoms with Gasteiger partial charge in [-0.25, -0.2) is 0 Å². The van der Waals surface area contributed by atoms with Gasteiger partial charge in [0.2, 0.25) is 11.8 Å². The molecule has 2 N–H and O–H groups in total. The van der Waals surface area contributed by atoms with Crippen LogP contribution in [-0.2, 0) is 16.1 Å². The van der Waals surface area contributed by atoms with Crippen LogP contribution in [0.1, 0.15) is 18.1 Å². The summed E-state index contributed by atoms with van der Waals surface area (Å²) in [5, 5.41) is 5.55. The highest BCUT2D eigenvalue weighted by atomic mass is 16.5. The van der Waals surface area contributed by atoms with Gasteiger partial charge in [-0.2, -0.15) is 0 Å². The summed E-state index contributed by atoms with van der Waals surface area (Å²) >= 11 is 0. The second kappa shape index (κ2) is 11.5. The topological polar surface area (TPSA) is 73.9 Å². The van der Waals surface area contributed by atoms with Crippen molar-refractivity contribution in [1.29, 1.82) is 0 Å². The average molecular weight is 437 g/mol. The van der Waals surface area contributed by atoms with Crippen molar-refractivity contribution in [3.05, 3.63) is 65.7 Å². The quantitative estimate of drug-likeness (QED) is 0.623. The number of carbonyl (C=O) groups excluding carboxylic acids is 2. The number of hydrogen-bond acceptors (Lipinski definition) is 5. The molecule has 0 saturated carbocycles. The Hall–Kier alpha value is -3.16. The fraction of sp³-hybridized carbons (Fsp3) is 0.360. The molecule has 1 heterocycles. The van der Waals surface area contributed by atoms with E-state index >= 15 is 0 Å². The van der Waals surface area contributed by atoms with Crippen LogP contribution in [0, 0.1) is 0 Å². The van der Waals surface area contributed by atoms with E-state index in [0.717, 1.165) is 44.0 Å². The first-order valence-electron chi connectivity index (χ1n) is 10.9. The SMILES string of the molecule is COc1ccc(C=CC(=O)NC(C)C(=O)Nc2ccc(CN3CCN(C)CC3)cc2)cc1. The van der Waals surface area contributed by atoms with Crippen LogP contribution in [0.3, 0.4) is 0 Å². The van der Waals surface area contributed by atoms with Crippen LogP contribution in [0.15, 0.2) is 54.6 Å². The van der Waals surface area contributed by atoms with Crippen molar-refractivity contribution < 1.29 is 14.3 Å². The second-order valence-corrected chi connectivity index (χ2v) is 8.10. The van der Waals surface area contributed by atoms with Crippen molar-refractivity contribution in [1.82, 2.24) is 15.1 Å². The molecule has 7 heteroatoms. The van der Waals surface area contributed by atoms with E-state index < -0.39 is 6.04 Å². The van der Waals surface area contributed by atoms with E-state index in [1.54, 1.807) is 20.1 Å². The standard InChI is InChI=1S/C25H32N4O3/c1-19(26-24(30)13-8-20-6-11-23(32-3)12-7-20)25(31)27-22-9-4-21(5-10-22)18-29-16-14-28(2)15-17-29/h4-13,19H,14-18H2,1-3H3,(H,26,30)(H,27,31). The number of carbonyl (C=O) groups is 2. The van der Waals surface area contributed by atoms with Gasteiger partial charge in [-0.1, -0.05) is 24.3 Å². The summed E-state index contributed by atoms with van der Waals surface area (Å²) in [6.45, 7) is 6.89. The van der Waals surface area contributed by atoms with Crippen LogP contribution < -0.4 is 15.4 Å². The third-order valence-corrected chi connectivity index (χ3v) is 5.52. The molecule has 1 aliphatic heterocycles. The van der Waals surface area contributed by atoms with Gasteiger partial charge in [-0.3, -0.25) is 14.5 Å². The molecule has 0 bridgehead atoms. The average Bonchev–Trinajstić information content (AvgIpc) is 2.80. The number of likely N-dealkylation sites (N-methyl/N-ethyl adjacent to an activating group) is 1. The monoisotopic (exact) mass is 436 g/mol. The molecule has 0 aromatic heterocycles. The maximum Gasteiger partial charge on any atom is 0.246 e. The molecule has 32 heavy (non-hydrogen) atoms. The number of methoxy groups -OCH3 is 1. The van der Waals surface area contributed by atoms with Gasteiger partial charge in [0.05, 0.1) is 7.11 Å². The number of nitrogens with one attached hydrogen (secondary N) is 2. The molecule has 0 spiro atoms. The van der Waals surface area contributed by atoms with Gasteiger partial charge in [-0.05, 0) is 55.4 Å². The van der Waals surface area contributed by atoms with Crippen LogP contribution in [0.25, 0.3) is 6.08 Å². The molecule has 170 valence electrons. The number of piperazine rings is 1. The summed E-state index contributed by atoms with van der Waals surface area (Å²) in [4.78, 5) is 29.4. The third-order valence-electron chi connectivity index (χ3n) is 5.52. The number of amides is 2. The highest BCUT2D eigenvalue weighted by Crippen LogP contribution is 2.14. The van der Waals surface area contributed by atoms with Crippen LogP contribution in [0.4, 0.5) is 5.69 Å². The van der Waals surface area contributed by atoms with Crippen molar-refractivity contribution in [3.63, 3.8) is 0 Å². The molecule has 2 aromatic carbocycles. The first-order chi connectivity index (χ1) is 15.4. The zero-order valence-electron chi connectivity index (χ0n) is 19.0. The minimum atomic E-state index is -0.659. The summed E-state index contributed by atoms with van der Waals surface area (Å²) < 4.78 is 5.12. The molecule has 0 aliphatic carbocycles. The van der Waals surface area contributed by atoms with Gasteiger partial charge in [-0.15, -0.1) is 0 Å². The van der Waals surface area contributed by atoms with Crippen molar-refractivity contribution in [2.75, 3.05) is 45.7 Å². The molecular weight excluding hydrogens is 404 g/mol. The fourth-order valence-electron chi connectivity index (χ4n) is 3.42. The number of hydrogen-bond donors (Lipinski definition) is 2. The molecule has 7 nitrogen and oxygen atoms in total. The van der Waals surface area contributed by atoms with Crippen LogP contribution >= 0.6 is 0 Å². The Kier molecular flexibility index (Phi) is 8.41. The molecule has 1 fully saturated rings. The van der Waals surface area contributed by atoms with E-state index in [0.29, 0.717) is 5.69 Å². The van der Waals surface area contributed by atoms with E-state index in [1.165, 1.54) is 11.6 Å². The fourth-order valence-corrected chi connectivity index (χ4v) is 3.42. The van der Waals surface area contributed by atoms with Gasteiger partial charge in [0.25, 0.3) is 0 Å². The maximum absolute atomic E-state index is 12.4. The first-order valence-corrected chi connectivity index (χ1v) is 10.9. The normalized spacial score (nSPS) is 16.0. The third kappa shape index (κ3) is 7.21. The summed E-state index contributed by atoms with van der Waals surface area (Å²) in [5.41, 5.74) is 2.80. The van der Waals surface area contributed by atoms with E-state index in [4.69, 9.17) is 4.74 Å². The Balaban J connectivity index is 1.44. The predicted molar refractivity (Wildman–Crippen MR) is 127 cm³/mol. The highest BCUT2D eigenvalue weighted by molar-refractivity contribution is 5.99. The smallest absolute Gasteiger partial charge is 0.246 e. The molecule has 3 rings (SSSR count). The summed E-state index contributed by atoms with van der Waals surface area (Å²) in [5.74, 6) is 0.165. The van der Waals surface area contributed by atoms with Crippen molar-refractivity contribution in [2.45, 2.75) is 19.5 Å². The molecule has 1 saturated heterocycles. The lowest BCUT2D eigenvalue weighted by Gasteiger charge is -2.32. The lowest BCUT2D eigenvalue weighted by Crippen LogP contribution is -2.43. The minimum absolute atomic E-state index is 0.261. The van der Waals surface area contributed by atoms with Gasteiger partial charge >= 0.3 is 0 Å². The van der Waals surface area contributed by atoms with Gasteiger partial charge in [0.1, 0.15) is 11.8 Å². The Morgan fingerprint density at radius 2 is 1.69 bits per heavy atom. The van der Waals surface area contributed by atoms with Crippen molar-refractivity contribution >= 4 is 23.6 Å². The molecule has 1 aliphatic rings. The lowest BCUT2D eigenvalue weighted by atomic mass is 10.1. The number of benzene rings is 2. The first kappa shape index (κ1) is 23.5. The number of nitrogens with zero attached hydrogens (tertiary/aromatic N) is 2. The van der Waals surface area contributed by atoms with Gasteiger partial charge < -0.3 is 20.3 Å². The molecular formula is C25H32N4O3. The summed E-state index contributed by atoms with van der Waals surface area (Å²) in [6, 6.07) is 14.6. The Bertz CT molecular complexity index is 917. The summed E-state index contributed by atoms with van der Waals surface area (Å²) in [7, 11) is 3.75. The minimum Gasteiger partial charge on any atom is -0.497 e. The van der Waals surface area contributed by atoms with Crippen molar-refractivity contribution in [3.8, 4) is 5.75 Å². The van der Waals surface area contributed by atoms with Gasteiger partial charge in [0.15, 0.2) is 0 Å². The summed E-state index contributed by atoms with van der Waals surface area (Å²) in [6.07, 6.45) is 3.11. The van der Waals surface area contributed by atoms with Gasteiger partial charge in [0, 0.05) is 44.5 Å². The Morgan fingerprint density at radius 3 is 2.31 bits per heavy atom. The molecule has 2 aromatic rings. The highest BCUT2D eigenvalue weighted by Gasteiger charge is 2.16. The Labute approximate surface area is 190 Å². The molecule has 1 unspecified atom stereocenters. The van der Waals surface area contributed by atoms with Crippen LogP contribution in [-0.4, -0.2) is 68.0 Å². The second-order valence-electron chi connectivity index (χ2n) is 8.10. The number of ether oxygens (including phenoxy) is 1. The van der Waals surface area contributed by atoms with Crippen LogP contribution in [0.2, 0.25) is 0 Å². The number of rotatable bonds is 8. The molecule has 2 amide bonds. The van der Waals surface area contributed by atoms with E-state index in [1.807, 2.05) is 48.5 Å². The largest absolute Gasteiger partial charge is 0.497 e. The van der Waals surface area contributed by atoms with Crippen molar-refractivity contribution in [2.24, 2.45) is 0 Å². The van der Waals surface area contributed by atoms with E-state index in [-0.39, 0.29) is 11.8 Å². The maximum atomic E-state index is 12.4. The molecule has 0 radical (unpaired) electrons. The zero-order chi connectivity index (χ0) is 22.9. The lowest BCUT2D eigenvalue weighted by molar-refractivity contribution is -0.123. The predicted octanol–water partition coefficient (Wildman–Crippen LogP) is 2.60. The van der Waals surface area contributed by atoms with E-state index in [2.05, 4.69) is 27.5 Å². The van der Waals surface area contributed by atoms with E-state index in [9.17, 15) is 9.59 Å².